The van der Waals surface area contributed by atoms with Crippen LogP contribution in [0.1, 0.15) is 37.1 Å². The van der Waals surface area contributed by atoms with Crippen LogP contribution >= 0.6 is 11.3 Å². The van der Waals surface area contributed by atoms with E-state index in [-0.39, 0.29) is 5.82 Å². The van der Waals surface area contributed by atoms with E-state index in [1.54, 1.807) is 23.5 Å². The van der Waals surface area contributed by atoms with E-state index < -0.39 is 0 Å². The molecule has 1 saturated carbocycles. The van der Waals surface area contributed by atoms with Gasteiger partial charge in [-0.3, -0.25) is 0 Å². The van der Waals surface area contributed by atoms with Crippen LogP contribution in [0, 0.1) is 11.7 Å². The van der Waals surface area contributed by atoms with Crippen LogP contribution in [0.25, 0.3) is 10.1 Å². The number of hydrogen-bond acceptors (Lipinski definition) is 2. The molecular weight excluding hydrogens is 245 g/mol. The summed E-state index contributed by atoms with van der Waals surface area (Å²) in [6.45, 7) is 3.13. The van der Waals surface area contributed by atoms with Gasteiger partial charge in [-0.2, -0.15) is 0 Å². The van der Waals surface area contributed by atoms with Gasteiger partial charge in [-0.1, -0.05) is 25.8 Å². The second-order valence-corrected chi connectivity index (χ2v) is 6.24. The summed E-state index contributed by atoms with van der Waals surface area (Å²) in [6, 6.07) is 7.73. The molecule has 0 aliphatic heterocycles. The van der Waals surface area contributed by atoms with Gasteiger partial charge in [0.25, 0.3) is 0 Å². The third kappa shape index (κ3) is 2.57. The van der Waals surface area contributed by atoms with Gasteiger partial charge in [0.2, 0.25) is 0 Å². The minimum atomic E-state index is -0.141. The summed E-state index contributed by atoms with van der Waals surface area (Å²) in [5, 5.41) is 4.72. The van der Waals surface area contributed by atoms with Crippen LogP contribution in [0.5, 0.6) is 0 Å². The van der Waals surface area contributed by atoms with Crippen molar-refractivity contribution in [3.8, 4) is 0 Å². The monoisotopic (exact) mass is 263 g/mol. The lowest BCUT2D eigenvalue weighted by Gasteiger charge is -2.15. The van der Waals surface area contributed by atoms with Gasteiger partial charge < -0.3 is 5.32 Å². The first-order valence-electron chi connectivity index (χ1n) is 6.68. The molecule has 1 heterocycles. The van der Waals surface area contributed by atoms with Crippen LogP contribution in [-0.4, -0.2) is 6.54 Å². The second-order valence-electron chi connectivity index (χ2n) is 5.12. The standard InChI is InChI=1S/C15H18FNS/c1-2-17-13(7-10-3-4-10)15-8-11-5-6-12(16)9-14(11)18-15/h5-6,8-10,13,17H,2-4,7H2,1H3. The summed E-state index contributed by atoms with van der Waals surface area (Å²) in [6.07, 6.45) is 3.98. The lowest BCUT2D eigenvalue weighted by molar-refractivity contribution is 0.494. The molecule has 1 fully saturated rings. The van der Waals surface area contributed by atoms with Gasteiger partial charge in [0.05, 0.1) is 0 Å². The molecule has 0 amide bonds. The van der Waals surface area contributed by atoms with Crippen molar-refractivity contribution in [1.82, 2.24) is 5.32 Å². The Morgan fingerprint density at radius 1 is 1.39 bits per heavy atom. The molecule has 1 aromatic heterocycles. The van der Waals surface area contributed by atoms with Crippen LogP contribution in [0.3, 0.4) is 0 Å². The van der Waals surface area contributed by atoms with Crippen LogP contribution < -0.4 is 5.32 Å². The average molecular weight is 263 g/mol. The highest BCUT2D eigenvalue weighted by atomic mass is 32.1. The molecule has 96 valence electrons. The first kappa shape index (κ1) is 12.1. The zero-order valence-corrected chi connectivity index (χ0v) is 11.4. The number of rotatable bonds is 5. The number of hydrogen-bond donors (Lipinski definition) is 1. The molecule has 3 rings (SSSR count). The van der Waals surface area contributed by atoms with Crippen molar-refractivity contribution in [3.63, 3.8) is 0 Å². The average Bonchev–Trinajstić information content (AvgIpc) is 3.06. The molecule has 0 radical (unpaired) electrons. The minimum Gasteiger partial charge on any atom is -0.310 e. The summed E-state index contributed by atoms with van der Waals surface area (Å²) in [5.41, 5.74) is 0. The van der Waals surface area contributed by atoms with Crippen LogP contribution in [0.2, 0.25) is 0 Å². The quantitative estimate of drug-likeness (QED) is 0.838. The largest absolute Gasteiger partial charge is 0.310 e. The van der Waals surface area contributed by atoms with Crippen molar-refractivity contribution in [3.05, 3.63) is 35.0 Å². The summed E-state index contributed by atoms with van der Waals surface area (Å²) >= 11 is 1.73. The van der Waals surface area contributed by atoms with Gasteiger partial charge in [0.15, 0.2) is 0 Å². The molecule has 2 aromatic rings. The summed E-state index contributed by atoms with van der Waals surface area (Å²) in [7, 11) is 0. The molecule has 3 heteroatoms. The van der Waals surface area contributed by atoms with Gasteiger partial charge in [-0.15, -0.1) is 11.3 Å². The molecule has 1 N–H and O–H groups in total. The summed E-state index contributed by atoms with van der Waals surface area (Å²) in [5.74, 6) is 0.758. The lowest BCUT2D eigenvalue weighted by atomic mass is 10.1. The molecule has 18 heavy (non-hydrogen) atoms. The lowest BCUT2D eigenvalue weighted by Crippen LogP contribution is -2.20. The Kier molecular flexibility index (Phi) is 3.35. The highest BCUT2D eigenvalue weighted by Gasteiger charge is 2.26. The molecule has 1 aliphatic rings. The number of halogens is 1. The Morgan fingerprint density at radius 3 is 2.94 bits per heavy atom. The number of thiophene rings is 1. The molecule has 1 aliphatic carbocycles. The van der Waals surface area contributed by atoms with Crippen molar-refractivity contribution in [2.75, 3.05) is 6.54 Å². The predicted molar refractivity (Wildman–Crippen MR) is 75.5 cm³/mol. The molecule has 1 unspecified atom stereocenters. The van der Waals surface area contributed by atoms with Crippen molar-refractivity contribution in [1.29, 1.82) is 0 Å². The normalized spacial score (nSPS) is 17.2. The molecule has 1 aromatic carbocycles. The van der Waals surface area contributed by atoms with E-state index in [9.17, 15) is 4.39 Å². The van der Waals surface area contributed by atoms with E-state index >= 15 is 0 Å². The fraction of sp³-hybridized carbons (Fsp3) is 0.467. The van der Waals surface area contributed by atoms with E-state index in [4.69, 9.17) is 0 Å². The second kappa shape index (κ2) is 4.98. The van der Waals surface area contributed by atoms with Gasteiger partial charge in [-0.05, 0) is 42.5 Å². The maximum absolute atomic E-state index is 13.2. The molecule has 1 atom stereocenters. The Morgan fingerprint density at radius 2 is 2.22 bits per heavy atom. The fourth-order valence-corrected chi connectivity index (χ4v) is 3.61. The van der Waals surface area contributed by atoms with Gasteiger partial charge in [0, 0.05) is 15.6 Å². The Labute approximate surface area is 111 Å². The van der Waals surface area contributed by atoms with Gasteiger partial charge in [-0.25, -0.2) is 4.39 Å². The van der Waals surface area contributed by atoms with E-state index in [0.29, 0.717) is 6.04 Å². The van der Waals surface area contributed by atoms with Crippen LogP contribution in [0.15, 0.2) is 24.3 Å². The molecule has 0 bridgehead atoms. The van der Waals surface area contributed by atoms with Crippen LogP contribution in [0.4, 0.5) is 4.39 Å². The Hall–Kier alpha value is -0.930. The smallest absolute Gasteiger partial charge is 0.124 e. The van der Waals surface area contributed by atoms with Gasteiger partial charge in [0.1, 0.15) is 5.82 Å². The Balaban J connectivity index is 1.89. The zero-order valence-electron chi connectivity index (χ0n) is 10.6. The highest BCUT2D eigenvalue weighted by molar-refractivity contribution is 7.19. The first-order chi connectivity index (χ1) is 8.76. The first-order valence-corrected chi connectivity index (χ1v) is 7.50. The molecule has 0 saturated heterocycles. The van der Waals surface area contributed by atoms with E-state index in [1.807, 2.05) is 6.07 Å². The Bertz CT molecular complexity index is 544. The maximum Gasteiger partial charge on any atom is 0.124 e. The van der Waals surface area contributed by atoms with E-state index in [0.717, 1.165) is 22.5 Å². The van der Waals surface area contributed by atoms with E-state index in [1.165, 1.54) is 24.1 Å². The third-order valence-electron chi connectivity index (χ3n) is 3.56. The number of nitrogens with one attached hydrogen (secondary N) is 1. The van der Waals surface area contributed by atoms with Crippen LogP contribution in [-0.2, 0) is 0 Å². The maximum atomic E-state index is 13.2. The van der Waals surface area contributed by atoms with Crippen molar-refractivity contribution in [2.24, 2.45) is 5.92 Å². The zero-order chi connectivity index (χ0) is 12.5. The SMILES string of the molecule is CCNC(CC1CC1)c1cc2ccc(F)cc2s1. The predicted octanol–water partition coefficient (Wildman–Crippen LogP) is 4.49. The molecule has 1 nitrogen and oxygen atoms in total. The van der Waals surface area contributed by atoms with Crippen molar-refractivity contribution < 1.29 is 4.39 Å². The molecular formula is C15H18FNS. The number of benzene rings is 1. The highest BCUT2D eigenvalue weighted by Crippen LogP contribution is 2.40. The number of fused-ring (bicyclic) bond motifs is 1. The summed E-state index contributed by atoms with van der Waals surface area (Å²) in [4.78, 5) is 1.35. The van der Waals surface area contributed by atoms with E-state index in [2.05, 4.69) is 18.3 Å². The van der Waals surface area contributed by atoms with Crippen molar-refractivity contribution in [2.45, 2.75) is 32.2 Å². The summed E-state index contributed by atoms with van der Waals surface area (Å²) < 4.78 is 14.3. The van der Waals surface area contributed by atoms with Gasteiger partial charge >= 0.3 is 0 Å². The van der Waals surface area contributed by atoms with Crippen molar-refractivity contribution >= 4 is 21.4 Å². The third-order valence-corrected chi connectivity index (χ3v) is 4.77. The molecule has 0 spiro atoms. The minimum absolute atomic E-state index is 0.141. The fourth-order valence-electron chi connectivity index (χ4n) is 2.43. The topological polar surface area (TPSA) is 12.0 Å².